The van der Waals surface area contributed by atoms with Crippen LogP contribution in [0.4, 0.5) is 0 Å². The van der Waals surface area contributed by atoms with Gasteiger partial charge in [0.15, 0.2) is 0 Å². The molecule has 0 aliphatic rings. The lowest BCUT2D eigenvalue weighted by Gasteiger charge is -2.36. The molecule has 1 aromatic rings. The molecule has 0 spiro atoms. The first-order valence-electron chi connectivity index (χ1n) is 7.70. The van der Waals surface area contributed by atoms with E-state index in [2.05, 4.69) is 49.0 Å². The minimum absolute atomic E-state index is 0.0687. The SMILES string of the molecule is CCOC(C)(CC)C(Cc1cc(CC)nn1CC)NN. The van der Waals surface area contributed by atoms with Crippen LogP contribution in [0.25, 0.3) is 0 Å². The highest BCUT2D eigenvalue weighted by Crippen LogP contribution is 2.23. The van der Waals surface area contributed by atoms with Crippen LogP contribution in [0.2, 0.25) is 0 Å². The van der Waals surface area contributed by atoms with E-state index in [0.717, 1.165) is 31.5 Å². The topological polar surface area (TPSA) is 65.1 Å². The van der Waals surface area contributed by atoms with Crippen LogP contribution in [0.5, 0.6) is 0 Å². The van der Waals surface area contributed by atoms with E-state index in [1.165, 1.54) is 5.69 Å². The van der Waals surface area contributed by atoms with Gasteiger partial charge >= 0.3 is 0 Å². The average molecular weight is 282 g/mol. The minimum Gasteiger partial charge on any atom is -0.374 e. The molecule has 1 heterocycles. The minimum atomic E-state index is -0.265. The Bertz CT molecular complexity index is 405. The van der Waals surface area contributed by atoms with Gasteiger partial charge in [-0.15, -0.1) is 0 Å². The summed E-state index contributed by atoms with van der Waals surface area (Å²) in [6, 6.07) is 2.25. The van der Waals surface area contributed by atoms with Gasteiger partial charge < -0.3 is 4.74 Å². The summed E-state index contributed by atoms with van der Waals surface area (Å²) in [5.74, 6) is 5.78. The van der Waals surface area contributed by atoms with E-state index in [4.69, 9.17) is 10.6 Å². The van der Waals surface area contributed by atoms with Crippen molar-refractivity contribution >= 4 is 0 Å². The third-order valence-electron chi connectivity index (χ3n) is 4.10. The van der Waals surface area contributed by atoms with Gasteiger partial charge in [-0.05, 0) is 39.7 Å². The zero-order valence-corrected chi connectivity index (χ0v) is 13.6. The molecular weight excluding hydrogens is 252 g/mol. The molecule has 5 heteroatoms. The summed E-state index contributed by atoms with van der Waals surface area (Å²) in [4.78, 5) is 0. The second-order valence-electron chi connectivity index (χ2n) is 5.32. The molecule has 0 aliphatic heterocycles. The maximum Gasteiger partial charge on any atom is 0.0821 e. The van der Waals surface area contributed by atoms with Gasteiger partial charge in [0.1, 0.15) is 0 Å². The number of hydrogen-bond donors (Lipinski definition) is 2. The van der Waals surface area contributed by atoms with Gasteiger partial charge in [0.05, 0.1) is 17.3 Å². The molecule has 0 aliphatic carbocycles. The molecule has 0 radical (unpaired) electrons. The Balaban J connectivity index is 2.94. The predicted molar refractivity (Wildman–Crippen MR) is 82.4 cm³/mol. The summed E-state index contributed by atoms with van der Waals surface area (Å²) in [5, 5.41) is 4.60. The highest BCUT2D eigenvalue weighted by atomic mass is 16.5. The summed E-state index contributed by atoms with van der Waals surface area (Å²) in [6.07, 6.45) is 2.69. The van der Waals surface area contributed by atoms with Crippen LogP contribution >= 0.6 is 0 Å². The highest BCUT2D eigenvalue weighted by molar-refractivity contribution is 5.13. The Morgan fingerprint density at radius 3 is 2.55 bits per heavy atom. The first-order chi connectivity index (χ1) is 9.54. The van der Waals surface area contributed by atoms with Crippen molar-refractivity contribution in [2.24, 2.45) is 5.84 Å². The van der Waals surface area contributed by atoms with Crippen molar-refractivity contribution in [3.63, 3.8) is 0 Å². The Morgan fingerprint density at radius 2 is 2.10 bits per heavy atom. The molecule has 2 unspecified atom stereocenters. The smallest absolute Gasteiger partial charge is 0.0821 e. The number of hydrogen-bond acceptors (Lipinski definition) is 4. The number of nitrogens with one attached hydrogen (secondary N) is 1. The summed E-state index contributed by atoms with van der Waals surface area (Å²) in [7, 11) is 0. The lowest BCUT2D eigenvalue weighted by molar-refractivity contribution is -0.0554. The third-order valence-corrected chi connectivity index (χ3v) is 4.10. The van der Waals surface area contributed by atoms with Gasteiger partial charge in [-0.25, -0.2) is 0 Å². The molecule has 1 rings (SSSR count). The maximum absolute atomic E-state index is 5.94. The predicted octanol–water partition coefficient (Wildman–Crippen LogP) is 2.04. The molecule has 0 fully saturated rings. The van der Waals surface area contributed by atoms with Gasteiger partial charge in [0, 0.05) is 25.3 Å². The molecule has 1 aromatic heterocycles. The molecule has 0 saturated heterocycles. The summed E-state index contributed by atoms with van der Waals surface area (Å²) >= 11 is 0. The van der Waals surface area contributed by atoms with Gasteiger partial charge in [-0.2, -0.15) is 5.10 Å². The van der Waals surface area contributed by atoms with Gasteiger partial charge in [0.2, 0.25) is 0 Å². The van der Waals surface area contributed by atoms with E-state index in [-0.39, 0.29) is 11.6 Å². The number of aryl methyl sites for hydroxylation is 2. The van der Waals surface area contributed by atoms with Gasteiger partial charge in [0.25, 0.3) is 0 Å². The van der Waals surface area contributed by atoms with Crippen molar-refractivity contribution in [3.8, 4) is 0 Å². The van der Waals surface area contributed by atoms with Crippen molar-refractivity contribution < 1.29 is 4.74 Å². The zero-order chi connectivity index (χ0) is 15.2. The average Bonchev–Trinajstić information content (AvgIpc) is 2.86. The van der Waals surface area contributed by atoms with Crippen molar-refractivity contribution in [1.82, 2.24) is 15.2 Å². The number of ether oxygens (including phenoxy) is 1. The molecule has 3 N–H and O–H groups in total. The number of nitrogens with zero attached hydrogens (tertiary/aromatic N) is 2. The first-order valence-corrected chi connectivity index (χ1v) is 7.70. The Hall–Kier alpha value is -0.910. The number of nitrogens with two attached hydrogens (primary N) is 1. The van der Waals surface area contributed by atoms with Crippen LogP contribution in [0, 0.1) is 0 Å². The molecule has 20 heavy (non-hydrogen) atoms. The summed E-state index contributed by atoms with van der Waals surface area (Å²) in [5.41, 5.74) is 5.02. The molecular formula is C15H30N4O. The molecule has 0 bridgehead atoms. The third kappa shape index (κ3) is 3.81. The standard InChI is InChI=1S/C15H30N4O/c1-6-12-10-13(19(8-3)18-12)11-14(17-16)15(5,7-2)20-9-4/h10,14,17H,6-9,11,16H2,1-5H3. The van der Waals surface area contributed by atoms with Crippen LogP contribution in [0.15, 0.2) is 6.07 Å². The van der Waals surface area contributed by atoms with E-state index in [1.54, 1.807) is 0 Å². The fraction of sp³-hybridized carbons (Fsp3) is 0.800. The van der Waals surface area contributed by atoms with Gasteiger partial charge in [-0.3, -0.25) is 16.0 Å². The molecule has 116 valence electrons. The normalized spacial score (nSPS) is 16.1. The lowest BCUT2D eigenvalue weighted by atomic mass is 9.90. The number of aromatic nitrogens is 2. The van der Waals surface area contributed by atoms with Crippen LogP contribution in [-0.2, 0) is 24.1 Å². The Morgan fingerprint density at radius 1 is 1.40 bits per heavy atom. The fourth-order valence-corrected chi connectivity index (χ4v) is 2.56. The molecule has 5 nitrogen and oxygen atoms in total. The van der Waals surface area contributed by atoms with E-state index in [0.29, 0.717) is 6.61 Å². The van der Waals surface area contributed by atoms with Gasteiger partial charge in [-0.1, -0.05) is 13.8 Å². The quantitative estimate of drug-likeness (QED) is 0.537. The monoisotopic (exact) mass is 282 g/mol. The van der Waals surface area contributed by atoms with E-state index < -0.39 is 0 Å². The Kier molecular flexibility index (Phi) is 6.65. The van der Waals surface area contributed by atoms with Crippen LogP contribution in [0.3, 0.4) is 0 Å². The van der Waals surface area contributed by atoms with E-state index in [1.807, 2.05) is 6.92 Å². The van der Waals surface area contributed by atoms with Crippen molar-refractivity contribution in [1.29, 1.82) is 0 Å². The highest BCUT2D eigenvalue weighted by Gasteiger charge is 2.33. The molecule has 2 atom stereocenters. The molecule has 0 aromatic carbocycles. The van der Waals surface area contributed by atoms with Crippen LogP contribution < -0.4 is 11.3 Å². The van der Waals surface area contributed by atoms with Crippen LogP contribution in [-0.4, -0.2) is 28.0 Å². The molecule has 0 amide bonds. The number of rotatable bonds is 9. The fourth-order valence-electron chi connectivity index (χ4n) is 2.56. The van der Waals surface area contributed by atoms with E-state index >= 15 is 0 Å². The van der Waals surface area contributed by atoms with Crippen molar-refractivity contribution in [2.45, 2.75) is 72.1 Å². The largest absolute Gasteiger partial charge is 0.374 e. The molecule has 0 saturated carbocycles. The summed E-state index contributed by atoms with van der Waals surface area (Å²) < 4.78 is 8.00. The number of hydrazine groups is 1. The van der Waals surface area contributed by atoms with Crippen molar-refractivity contribution in [3.05, 3.63) is 17.5 Å². The second-order valence-corrected chi connectivity index (χ2v) is 5.32. The second kappa shape index (κ2) is 7.76. The van der Waals surface area contributed by atoms with E-state index in [9.17, 15) is 0 Å². The van der Waals surface area contributed by atoms with Crippen molar-refractivity contribution in [2.75, 3.05) is 6.61 Å². The summed E-state index contributed by atoms with van der Waals surface area (Å²) in [6.45, 7) is 12.1. The zero-order valence-electron chi connectivity index (χ0n) is 13.6. The van der Waals surface area contributed by atoms with Crippen LogP contribution in [0.1, 0.15) is 52.4 Å². The Labute approximate surface area is 122 Å². The maximum atomic E-state index is 5.94. The first kappa shape index (κ1) is 17.1. The lowest BCUT2D eigenvalue weighted by Crippen LogP contribution is -2.54.